The van der Waals surface area contributed by atoms with E-state index in [0.29, 0.717) is 39.1 Å². The maximum absolute atomic E-state index is 12.0. The molecule has 0 bridgehead atoms. The van der Waals surface area contributed by atoms with Crippen LogP contribution in [0.5, 0.6) is 0 Å². The first-order chi connectivity index (χ1) is 10.2. The normalized spacial score (nSPS) is 23.2. The van der Waals surface area contributed by atoms with Crippen molar-refractivity contribution < 1.29 is 19.4 Å². The van der Waals surface area contributed by atoms with Gasteiger partial charge in [0.05, 0.1) is 12.2 Å². The number of nitrogens with zero attached hydrogens (tertiary/aromatic N) is 1. The molecule has 0 aromatic heterocycles. The van der Waals surface area contributed by atoms with Gasteiger partial charge in [-0.05, 0) is 46.5 Å². The van der Waals surface area contributed by atoms with E-state index in [1.165, 1.54) is 0 Å². The van der Waals surface area contributed by atoms with Crippen LogP contribution < -0.4 is 5.32 Å². The maximum Gasteiger partial charge on any atom is 0.410 e. The molecule has 0 aromatic carbocycles. The van der Waals surface area contributed by atoms with Gasteiger partial charge in [0.15, 0.2) is 0 Å². The molecule has 2 aliphatic rings. The summed E-state index contributed by atoms with van der Waals surface area (Å²) in [6, 6.07) is 0. The summed E-state index contributed by atoms with van der Waals surface area (Å²) in [5, 5.41) is 14.1. The number of aliphatic hydroxyl groups is 1. The molecule has 0 aromatic rings. The molecule has 6 heteroatoms. The average Bonchev–Trinajstić information content (AvgIpc) is 3.16. The molecule has 1 saturated carbocycles. The Kier molecular flexibility index (Phi) is 5.04. The second-order valence-electron chi connectivity index (χ2n) is 7.76. The van der Waals surface area contributed by atoms with Crippen LogP contribution >= 0.6 is 0 Å². The van der Waals surface area contributed by atoms with Gasteiger partial charge in [0.2, 0.25) is 0 Å². The van der Waals surface area contributed by atoms with Crippen LogP contribution in [0.3, 0.4) is 0 Å². The van der Waals surface area contributed by atoms with Crippen LogP contribution in [0.2, 0.25) is 0 Å². The Labute approximate surface area is 133 Å². The van der Waals surface area contributed by atoms with Crippen LogP contribution in [0.15, 0.2) is 0 Å². The van der Waals surface area contributed by atoms with E-state index in [2.05, 4.69) is 5.32 Å². The fraction of sp³-hybridized carbons (Fsp3) is 0.938. The van der Waals surface area contributed by atoms with Crippen molar-refractivity contribution in [3.63, 3.8) is 0 Å². The van der Waals surface area contributed by atoms with E-state index >= 15 is 0 Å². The van der Waals surface area contributed by atoms with Gasteiger partial charge in [-0.15, -0.1) is 0 Å². The minimum absolute atomic E-state index is 0.0623. The number of carbonyl (C=O) groups excluding carboxylic acids is 1. The van der Waals surface area contributed by atoms with Crippen molar-refractivity contribution in [2.75, 3.05) is 33.4 Å². The summed E-state index contributed by atoms with van der Waals surface area (Å²) < 4.78 is 10.6. The number of ether oxygens (including phenoxy) is 2. The molecule has 2 fully saturated rings. The second kappa shape index (κ2) is 6.34. The van der Waals surface area contributed by atoms with Gasteiger partial charge in [-0.25, -0.2) is 4.79 Å². The lowest BCUT2D eigenvalue weighted by molar-refractivity contribution is -0.0339. The van der Waals surface area contributed by atoms with Gasteiger partial charge < -0.3 is 24.8 Å². The van der Waals surface area contributed by atoms with E-state index in [-0.39, 0.29) is 11.6 Å². The lowest BCUT2D eigenvalue weighted by atomic mass is 9.91. The zero-order valence-corrected chi connectivity index (χ0v) is 14.3. The predicted octanol–water partition coefficient (Wildman–Crippen LogP) is 1.52. The summed E-state index contributed by atoms with van der Waals surface area (Å²) in [6.07, 6.45) is 3.05. The van der Waals surface area contributed by atoms with Crippen molar-refractivity contribution >= 4 is 6.09 Å². The van der Waals surface area contributed by atoms with Crippen LogP contribution in [-0.4, -0.2) is 66.2 Å². The highest BCUT2D eigenvalue weighted by atomic mass is 16.6. The van der Waals surface area contributed by atoms with Gasteiger partial charge in [-0.2, -0.15) is 0 Å². The molecule has 22 heavy (non-hydrogen) atoms. The van der Waals surface area contributed by atoms with E-state index in [4.69, 9.17) is 9.47 Å². The van der Waals surface area contributed by atoms with Crippen molar-refractivity contribution in [2.45, 2.75) is 63.2 Å². The van der Waals surface area contributed by atoms with Crippen LogP contribution in [0.4, 0.5) is 4.79 Å². The Bertz CT molecular complexity index is 393. The fourth-order valence-electron chi connectivity index (χ4n) is 2.76. The third-order valence-corrected chi connectivity index (χ3v) is 4.41. The van der Waals surface area contributed by atoms with Crippen molar-refractivity contribution in [1.29, 1.82) is 0 Å². The molecule has 0 radical (unpaired) electrons. The number of likely N-dealkylation sites (tertiary alicyclic amines) is 1. The third kappa shape index (κ3) is 4.83. The highest BCUT2D eigenvalue weighted by molar-refractivity contribution is 5.68. The summed E-state index contributed by atoms with van der Waals surface area (Å²) in [7, 11) is 1.70. The van der Waals surface area contributed by atoms with Crippen molar-refractivity contribution in [2.24, 2.45) is 0 Å². The molecule has 1 aliphatic carbocycles. The largest absolute Gasteiger partial charge is 0.444 e. The molecule has 1 saturated heterocycles. The molecular weight excluding hydrogens is 284 g/mol. The van der Waals surface area contributed by atoms with E-state index in [1.807, 2.05) is 20.8 Å². The van der Waals surface area contributed by atoms with Crippen LogP contribution in [0.25, 0.3) is 0 Å². The number of amides is 1. The predicted molar refractivity (Wildman–Crippen MR) is 83.8 cm³/mol. The van der Waals surface area contributed by atoms with Crippen LogP contribution in [-0.2, 0) is 9.47 Å². The molecule has 1 aliphatic heterocycles. The molecule has 2 N–H and O–H groups in total. The van der Waals surface area contributed by atoms with Gasteiger partial charge in [-0.3, -0.25) is 0 Å². The summed E-state index contributed by atoms with van der Waals surface area (Å²) in [5.74, 6) is 0. The summed E-state index contributed by atoms with van der Waals surface area (Å²) in [5.41, 5.74) is -1.17. The summed E-state index contributed by atoms with van der Waals surface area (Å²) >= 11 is 0. The molecule has 1 amide bonds. The Morgan fingerprint density at radius 2 is 1.82 bits per heavy atom. The zero-order chi connectivity index (χ0) is 16.4. The standard InChI is InChI=1S/C16H30N2O4/c1-14(2,3)22-13(19)18-9-7-16(20,8-10-18)11-17-15(5-6-15)12-21-4/h17,20H,5-12H2,1-4H3. The highest BCUT2D eigenvalue weighted by Gasteiger charge is 2.45. The number of rotatable bonds is 5. The lowest BCUT2D eigenvalue weighted by Crippen LogP contribution is -2.54. The SMILES string of the molecule is COCC1(NCC2(O)CCN(C(=O)OC(C)(C)C)CC2)CC1. The Balaban J connectivity index is 1.77. The minimum Gasteiger partial charge on any atom is -0.444 e. The van der Waals surface area contributed by atoms with E-state index in [0.717, 1.165) is 12.8 Å². The number of hydrogen-bond donors (Lipinski definition) is 2. The molecule has 6 nitrogen and oxygen atoms in total. The van der Waals surface area contributed by atoms with Crippen LogP contribution in [0.1, 0.15) is 46.5 Å². The smallest absolute Gasteiger partial charge is 0.410 e. The molecule has 0 atom stereocenters. The van der Waals surface area contributed by atoms with E-state index in [1.54, 1.807) is 12.0 Å². The summed E-state index contributed by atoms with van der Waals surface area (Å²) in [4.78, 5) is 13.7. The first-order valence-electron chi connectivity index (χ1n) is 8.11. The monoisotopic (exact) mass is 314 g/mol. The first kappa shape index (κ1) is 17.5. The minimum atomic E-state index is -0.748. The Morgan fingerprint density at radius 1 is 1.23 bits per heavy atom. The Hall–Kier alpha value is -0.850. The topological polar surface area (TPSA) is 71.0 Å². The molecule has 0 unspecified atom stereocenters. The van der Waals surface area contributed by atoms with E-state index < -0.39 is 11.2 Å². The number of methoxy groups -OCH3 is 1. The number of carbonyl (C=O) groups is 1. The zero-order valence-electron chi connectivity index (χ0n) is 14.3. The highest BCUT2D eigenvalue weighted by Crippen LogP contribution is 2.36. The van der Waals surface area contributed by atoms with Crippen LogP contribution in [0, 0.1) is 0 Å². The maximum atomic E-state index is 12.0. The second-order valence-corrected chi connectivity index (χ2v) is 7.76. The quantitative estimate of drug-likeness (QED) is 0.805. The first-order valence-corrected chi connectivity index (χ1v) is 8.11. The average molecular weight is 314 g/mol. The molecule has 1 heterocycles. The molecular formula is C16H30N2O4. The van der Waals surface area contributed by atoms with Gasteiger partial charge in [0, 0.05) is 32.3 Å². The van der Waals surface area contributed by atoms with Crippen molar-refractivity contribution in [3.8, 4) is 0 Å². The van der Waals surface area contributed by atoms with Crippen molar-refractivity contribution in [1.82, 2.24) is 10.2 Å². The molecule has 2 rings (SSSR count). The van der Waals surface area contributed by atoms with Gasteiger partial charge in [-0.1, -0.05) is 0 Å². The lowest BCUT2D eigenvalue weighted by Gasteiger charge is -2.39. The molecule has 128 valence electrons. The fourth-order valence-corrected chi connectivity index (χ4v) is 2.76. The van der Waals surface area contributed by atoms with E-state index in [9.17, 15) is 9.90 Å². The number of nitrogens with one attached hydrogen (secondary N) is 1. The Morgan fingerprint density at radius 3 is 2.27 bits per heavy atom. The third-order valence-electron chi connectivity index (χ3n) is 4.41. The van der Waals surface area contributed by atoms with Gasteiger partial charge >= 0.3 is 6.09 Å². The molecule has 0 spiro atoms. The van der Waals surface area contributed by atoms with Crippen molar-refractivity contribution in [3.05, 3.63) is 0 Å². The van der Waals surface area contributed by atoms with Gasteiger partial charge in [0.25, 0.3) is 0 Å². The summed E-state index contributed by atoms with van der Waals surface area (Å²) in [6.45, 7) is 7.89. The number of β-amino-alcohol motifs (C(OH)–C–C–N with tert-alkyl or cyclic N) is 1. The van der Waals surface area contributed by atoms with Gasteiger partial charge in [0.1, 0.15) is 5.60 Å². The number of hydrogen-bond acceptors (Lipinski definition) is 5. The number of piperidine rings is 1.